The topological polar surface area (TPSA) is 66.0 Å². The van der Waals surface area contributed by atoms with Crippen LogP contribution < -0.4 is 15.4 Å². The molecule has 0 aliphatic carbocycles. The minimum Gasteiger partial charge on any atom is -0.497 e. The molecule has 1 atom stereocenters. The average molecular weight is 332 g/mol. The van der Waals surface area contributed by atoms with Gasteiger partial charge in [0.1, 0.15) is 5.75 Å². The van der Waals surface area contributed by atoms with Gasteiger partial charge in [0.25, 0.3) is 5.91 Å². The molecule has 0 spiro atoms. The van der Waals surface area contributed by atoms with E-state index >= 15 is 0 Å². The van der Waals surface area contributed by atoms with E-state index in [2.05, 4.69) is 27.4 Å². The second kappa shape index (κ2) is 9.15. The molecule has 1 heterocycles. The molecule has 1 saturated heterocycles. The molecule has 0 bridgehead atoms. The SMILES string of the molecule is CN=C(NCCNC(=O)c1ccc(OC)cc1)N1CCCC(C)C1. The fourth-order valence-corrected chi connectivity index (χ4v) is 2.91. The molecule has 2 rings (SSSR count). The van der Waals surface area contributed by atoms with Gasteiger partial charge in [-0.25, -0.2) is 0 Å². The number of nitrogens with zero attached hydrogens (tertiary/aromatic N) is 2. The Kier molecular flexibility index (Phi) is 6.90. The number of carbonyl (C=O) groups is 1. The second-order valence-corrected chi connectivity index (χ2v) is 6.15. The minimum atomic E-state index is -0.0824. The Balaban J connectivity index is 1.73. The molecule has 6 heteroatoms. The van der Waals surface area contributed by atoms with Crippen LogP contribution in [0.4, 0.5) is 0 Å². The summed E-state index contributed by atoms with van der Waals surface area (Å²) in [6.45, 7) is 5.56. The molecule has 2 N–H and O–H groups in total. The smallest absolute Gasteiger partial charge is 0.251 e. The first kappa shape index (κ1) is 18.1. The highest BCUT2D eigenvalue weighted by Gasteiger charge is 2.18. The van der Waals surface area contributed by atoms with Crippen molar-refractivity contribution in [2.75, 3.05) is 40.3 Å². The minimum absolute atomic E-state index is 0.0824. The number of guanidine groups is 1. The Morgan fingerprint density at radius 3 is 2.62 bits per heavy atom. The quantitative estimate of drug-likeness (QED) is 0.490. The van der Waals surface area contributed by atoms with Crippen molar-refractivity contribution in [2.45, 2.75) is 19.8 Å². The van der Waals surface area contributed by atoms with Gasteiger partial charge in [0.15, 0.2) is 5.96 Å². The molecule has 6 nitrogen and oxygen atoms in total. The molecule has 24 heavy (non-hydrogen) atoms. The Labute approximate surface area is 144 Å². The van der Waals surface area contributed by atoms with Gasteiger partial charge in [-0.2, -0.15) is 0 Å². The Morgan fingerprint density at radius 1 is 1.29 bits per heavy atom. The number of ether oxygens (including phenoxy) is 1. The van der Waals surface area contributed by atoms with E-state index in [0.717, 1.165) is 24.8 Å². The van der Waals surface area contributed by atoms with Crippen molar-refractivity contribution in [2.24, 2.45) is 10.9 Å². The van der Waals surface area contributed by atoms with Crippen molar-refractivity contribution in [1.29, 1.82) is 0 Å². The standard InChI is InChI=1S/C18H28N4O2/c1-14-5-4-12-22(13-14)18(19-2)21-11-10-20-17(23)15-6-8-16(24-3)9-7-15/h6-9,14H,4-5,10-13H2,1-3H3,(H,19,21)(H,20,23). The van der Waals surface area contributed by atoms with E-state index < -0.39 is 0 Å². The van der Waals surface area contributed by atoms with E-state index in [0.29, 0.717) is 24.6 Å². The zero-order valence-corrected chi connectivity index (χ0v) is 14.8. The molecule has 1 fully saturated rings. The van der Waals surface area contributed by atoms with E-state index in [1.165, 1.54) is 12.8 Å². The third-order valence-corrected chi connectivity index (χ3v) is 4.21. The maximum atomic E-state index is 12.1. The second-order valence-electron chi connectivity index (χ2n) is 6.15. The van der Waals surface area contributed by atoms with Gasteiger partial charge < -0.3 is 20.3 Å². The van der Waals surface area contributed by atoms with Crippen molar-refractivity contribution < 1.29 is 9.53 Å². The Hall–Kier alpha value is -2.24. The van der Waals surface area contributed by atoms with Gasteiger partial charge in [0.2, 0.25) is 0 Å². The summed E-state index contributed by atoms with van der Waals surface area (Å²) >= 11 is 0. The van der Waals surface area contributed by atoms with Crippen LogP contribution in [0.1, 0.15) is 30.1 Å². The third kappa shape index (κ3) is 5.15. The number of rotatable bonds is 5. The maximum absolute atomic E-state index is 12.1. The lowest BCUT2D eigenvalue weighted by molar-refractivity contribution is 0.0954. The normalized spacial score (nSPS) is 18.2. The summed E-state index contributed by atoms with van der Waals surface area (Å²) in [4.78, 5) is 18.7. The molecular formula is C18H28N4O2. The van der Waals surface area contributed by atoms with Gasteiger partial charge in [-0.05, 0) is 43.0 Å². The lowest BCUT2D eigenvalue weighted by atomic mass is 10.0. The van der Waals surface area contributed by atoms with Crippen LogP contribution in [0.15, 0.2) is 29.3 Å². The highest BCUT2D eigenvalue weighted by Crippen LogP contribution is 2.15. The fraction of sp³-hybridized carbons (Fsp3) is 0.556. The number of likely N-dealkylation sites (tertiary alicyclic amines) is 1. The van der Waals surface area contributed by atoms with Crippen LogP contribution in [0.3, 0.4) is 0 Å². The molecule has 1 amide bonds. The van der Waals surface area contributed by atoms with E-state index in [4.69, 9.17) is 4.74 Å². The molecule has 0 aromatic heterocycles. The molecule has 132 valence electrons. The number of aliphatic imine (C=N–C) groups is 1. The molecule has 1 unspecified atom stereocenters. The summed E-state index contributed by atoms with van der Waals surface area (Å²) < 4.78 is 5.09. The summed E-state index contributed by atoms with van der Waals surface area (Å²) in [5, 5.41) is 6.24. The van der Waals surface area contributed by atoms with Crippen molar-refractivity contribution in [1.82, 2.24) is 15.5 Å². The molecule has 1 aromatic rings. The number of hydrogen-bond acceptors (Lipinski definition) is 3. The van der Waals surface area contributed by atoms with E-state index in [9.17, 15) is 4.79 Å². The van der Waals surface area contributed by atoms with Crippen LogP contribution in [0.25, 0.3) is 0 Å². The zero-order chi connectivity index (χ0) is 17.4. The van der Waals surface area contributed by atoms with Crippen molar-refractivity contribution in [3.63, 3.8) is 0 Å². The summed E-state index contributed by atoms with van der Waals surface area (Å²) in [6.07, 6.45) is 2.49. The first-order valence-electron chi connectivity index (χ1n) is 8.52. The molecule has 1 aliphatic rings. The predicted molar refractivity (Wildman–Crippen MR) is 96.7 cm³/mol. The molecule has 1 aliphatic heterocycles. The van der Waals surface area contributed by atoms with Gasteiger partial charge in [-0.1, -0.05) is 6.92 Å². The number of nitrogens with one attached hydrogen (secondary N) is 2. The number of piperidine rings is 1. The van der Waals surface area contributed by atoms with Crippen LogP contribution in [0, 0.1) is 5.92 Å². The van der Waals surface area contributed by atoms with Crippen molar-refractivity contribution >= 4 is 11.9 Å². The van der Waals surface area contributed by atoms with Crippen LogP contribution in [0.5, 0.6) is 5.75 Å². The molecular weight excluding hydrogens is 304 g/mol. The largest absolute Gasteiger partial charge is 0.497 e. The number of methoxy groups -OCH3 is 1. The van der Waals surface area contributed by atoms with Gasteiger partial charge >= 0.3 is 0 Å². The van der Waals surface area contributed by atoms with Gasteiger partial charge in [-0.3, -0.25) is 9.79 Å². The summed E-state index contributed by atoms with van der Waals surface area (Å²) in [6, 6.07) is 7.09. The highest BCUT2D eigenvalue weighted by atomic mass is 16.5. The van der Waals surface area contributed by atoms with E-state index in [-0.39, 0.29) is 5.91 Å². The summed E-state index contributed by atoms with van der Waals surface area (Å²) in [5.41, 5.74) is 0.630. The summed E-state index contributed by atoms with van der Waals surface area (Å²) in [5.74, 6) is 2.28. The number of hydrogen-bond donors (Lipinski definition) is 2. The number of benzene rings is 1. The van der Waals surface area contributed by atoms with Crippen molar-refractivity contribution in [3.05, 3.63) is 29.8 Å². The van der Waals surface area contributed by atoms with Gasteiger partial charge in [-0.15, -0.1) is 0 Å². The van der Waals surface area contributed by atoms with Crippen LogP contribution in [-0.2, 0) is 0 Å². The zero-order valence-electron chi connectivity index (χ0n) is 14.8. The molecule has 0 radical (unpaired) electrons. The van der Waals surface area contributed by atoms with Gasteiger partial charge in [0.05, 0.1) is 7.11 Å². The van der Waals surface area contributed by atoms with Crippen LogP contribution >= 0.6 is 0 Å². The van der Waals surface area contributed by atoms with E-state index in [1.807, 2.05) is 0 Å². The lowest BCUT2D eigenvalue weighted by Crippen LogP contribution is -2.47. The Bertz CT molecular complexity index is 557. The molecule has 0 saturated carbocycles. The molecule has 1 aromatic carbocycles. The first-order chi connectivity index (χ1) is 11.6. The number of carbonyl (C=O) groups excluding carboxylic acids is 1. The number of amides is 1. The Morgan fingerprint density at radius 2 is 2.00 bits per heavy atom. The van der Waals surface area contributed by atoms with E-state index in [1.54, 1.807) is 38.4 Å². The first-order valence-corrected chi connectivity index (χ1v) is 8.52. The monoisotopic (exact) mass is 332 g/mol. The van der Waals surface area contributed by atoms with Crippen molar-refractivity contribution in [3.8, 4) is 5.75 Å². The predicted octanol–water partition coefficient (Wildman–Crippen LogP) is 1.73. The third-order valence-electron chi connectivity index (χ3n) is 4.21. The lowest BCUT2D eigenvalue weighted by Gasteiger charge is -2.33. The van der Waals surface area contributed by atoms with Crippen LogP contribution in [-0.4, -0.2) is 57.1 Å². The highest BCUT2D eigenvalue weighted by molar-refractivity contribution is 5.94. The summed E-state index contributed by atoms with van der Waals surface area (Å²) in [7, 11) is 3.41. The maximum Gasteiger partial charge on any atom is 0.251 e. The fourth-order valence-electron chi connectivity index (χ4n) is 2.91. The average Bonchev–Trinajstić information content (AvgIpc) is 2.61. The van der Waals surface area contributed by atoms with Crippen LogP contribution in [0.2, 0.25) is 0 Å². The van der Waals surface area contributed by atoms with Gasteiger partial charge in [0, 0.05) is 38.8 Å².